The topological polar surface area (TPSA) is 63.4 Å². The van der Waals surface area contributed by atoms with E-state index in [-0.39, 0.29) is 27.0 Å². The highest BCUT2D eigenvalue weighted by Gasteiger charge is 2.34. The molecule has 0 saturated carbocycles. The van der Waals surface area contributed by atoms with Crippen molar-refractivity contribution >= 4 is 43.2 Å². The fourth-order valence-electron chi connectivity index (χ4n) is 2.73. The van der Waals surface area contributed by atoms with Gasteiger partial charge >= 0.3 is 0 Å². The molecule has 1 fully saturated rings. The third-order valence-corrected chi connectivity index (χ3v) is 6.82. The molecule has 4 nitrogen and oxygen atoms in total. The number of rotatable bonds is 2. The second kappa shape index (κ2) is 6.02. The summed E-state index contributed by atoms with van der Waals surface area (Å²) >= 11 is 8.96. The predicted molar refractivity (Wildman–Crippen MR) is 85.2 cm³/mol. The maximum absolute atomic E-state index is 14.3. The lowest BCUT2D eigenvalue weighted by Gasteiger charge is -2.34. The lowest BCUT2D eigenvalue weighted by molar-refractivity contribution is 0.222. The third kappa shape index (κ3) is 3.21. The van der Waals surface area contributed by atoms with Crippen LogP contribution >= 0.6 is 27.5 Å². The fraction of sp³-hybridized carbons (Fsp3) is 0.538. The lowest BCUT2D eigenvalue weighted by atomic mass is 9.94. The van der Waals surface area contributed by atoms with Gasteiger partial charge in [0.25, 0.3) is 0 Å². The van der Waals surface area contributed by atoms with E-state index in [1.165, 1.54) is 4.31 Å². The number of halogens is 3. The van der Waals surface area contributed by atoms with Crippen molar-refractivity contribution in [2.75, 3.05) is 18.8 Å². The Morgan fingerprint density at radius 2 is 1.90 bits per heavy atom. The summed E-state index contributed by atoms with van der Waals surface area (Å²) in [6.07, 6.45) is 0.956. The van der Waals surface area contributed by atoms with E-state index in [0.717, 1.165) is 12.5 Å². The van der Waals surface area contributed by atoms with Crippen molar-refractivity contribution in [2.24, 2.45) is 11.8 Å². The van der Waals surface area contributed by atoms with Crippen LogP contribution in [0.5, 0.6) is 0 Å². The molecule has 0 radical (unpaired) electrons. The molecule has 2 rings (SSSR count). The number of nitrogens with zero attached hydrogens (tertiary/aromatic N) is 1. The summed E-state index contributed by atoms with van der Waals surface area (Å²) in [7, 11) is -3.95. The Balaban J connectivity index is 2.50. The second-order valence-electron chi connectivity index (χ2n) is 5.67. The van der Waals surface area contributed by atoms with Crippen LogP contribution in [-0.2, 0) is 10.0 Å². The molecule has 0 aliphatic carbocycles. The van der Waals surface area contributed by atoms with Gasteiger partial charge in [-0.2, -0.15) is 4.31 Å². The van der Waals surface area contributed by atoms with Crippen molar-refractivity contribution in [1.82, 2.24) is 4.31 Å². The van der Waals surface area contributed by atoms with Crippen molar-refractivity contribution in [2.45, 2.75) is 25.2 Å². The van der Waals surface area contributed by atoms with E-state index in [0.29, 0.717) is 13.1 Å². The van der Waals surface area contributed by atoms with Crippen LogP contribution in [0.1, 0.15) is 20.3 Å². The molecule has 1 heterocycles. The van der Waals surface area contributed by atoms with Crippen molar-refractivity contribution in [1.29, 1.82) is 0 Å². The maximum atomic E-state index is 14.3. The molecule has 0 amide bonds. The van der Waals surface area contributed by atoms with E-state index < -0.39 is 20.7 Å². The molecular weight excluding hydrogens is 383 g/mol. The molecule has 0 aromatic heterocycles. The number of sulfonamides is 1. The maximum Gasteiger partial charge on any atom is 0.246 e. The molecule has 2 unspecified atom stereocenters. The predicted octanol–water partition coefficient (Wildman–Crippen LogP) is 3.49. The van der Waals surface area contributed by atoms with Gasteiger partial charge < -0.3 is 5.73 Å². The molecule has 2 N–H and O–H groups in total. The highest BCUT2D eigenvalue weighted by molar-refractivity contribution is 9.10. The quantitative estimate of drug-likeness (QED) is 0.611. The first-order valence-electron chi connectivity index (χ1n) is 6.57. The molecule has 8 heteroatoms. The fourth-order valence-corrected chi connectivity index (χ4v) is 5.08. The average molecular weight is 400 g/mol. The molecule has 1 aromatic rings. The van der Waals surface area contributed by atoms with Crippen molar-refractivity contribution in [3.63, 3.8) is 0 Å². The van der Waals surface area contributed by atoms with Crippen LogP contribution in [0.15, 0.2) is 15.4 Å². The van der Waals surface area contributed by atoms with Crippen molar-refractivity contribution < 1.29 is 12.8 Å². The number of hydrogen-bond acceptors (Lipinski definition) is 3. The highest BCUT2D eigenvalue weighted by Crippen LogP contribution is 2.36. The minimum absolute atomic E-state index is 0.0746. The van der Waals surface area contributed by atoms with Gasteiger partial charge in [0.2, 0.25) is 10.0 Å². The molecule has 0 bridgehead atoms. The minimum atomic E-state index is -3.95. The number of anilines is 1. The summed E-state index contributed by atoms with van der Waals surface area (Å²) in [6.45, 7) is 4.72. The van der Waals surface area contributed by atoms with Crippen LogP contribution < -0.4 is 5.73 Å². The first kappa shape index (κ1) is 17.0. The van der Waals surface area contributed by atoms with E-state index in [4.69, 9.17) is 17.3 Å². The number of benzene rings is 1. The summed E-state index contributed by atoms with van der Waals surface area (Å²) in [5.41, 5.74) is 5.28. The zero-order valence-corrected chi connectivity index (χ0v) is 14.9. The molecule has 1 aliphatic rings. The first-order chi connectivity index (χ1) is 9.64. The van der Waals surface area contributed by atoms with Crippen LogP contribution in [0.3, 0.4) is 0 Å². The summed E-state index contributed by atoms with van der Waals surface area (Å²) in [5.74, 6) is -0.498. The molecule has 118 valence electrons. The zero-order valence-electron chi connectivity index (χ0n) is 11.7. The SMILES string of the molecule is CC1CC(C)CN(S(=O)(=O)c2cc(Cl)c(Br)c(N)c2F)C1. The van der Waals surface area contributed by atoms with E-state index in [2.05, 4.69) is 15.9 Å². The van der Waals surface area contributed by atoms with Gasteiger partial charge in [0.05, 0.1) is 15.2 Å². The number of nitrogen functional groups attached to an aromatic ring is 1. The molecule has 21 heavy (non-hydrogen) atoms. The Hall–Kier alpha value is -0.370. The molecule has 2 atom stereocenters. The molecular formula is C13H17BrClFN2O2S. The van der Waals surface area contributed by atoms with Crippen LogP contribution in [-0.4, -0.2) is 25.8 Å². The van der Waals surface area contributed by atoms with Gasteiger partial charge in [0.1, 0.15) is 4.90 Å². The smallest absolute Gasteiger partial charge is 0.246 e. The molecule has 1 saturated heterocycles. The van der Waals surface area contributed by atoms with Crippen LogP contribution in [0, 0.1) is 17.7 Å². The Bertz CT molecular complexity index is 659. The lowest BCUT2D eigenvalue weighted by Crippen LogP contribution is -2.42. The summed E-state index contributed by atoms with van der Waals surface area (Å²) < 4.78 is 41.1. The van der Waals surface area contributed by atoms with Gasteiger partial charge in [-0.15, -0.1) is 0 Å². The highest BCUT2D eigenvalue weighted by atomic mass is 79.9. The normalized spacial score (nSPS) is 24.2. The number of piperidine rings is 1. The first-order valence-corrected chi connectivity index (χ1v) is 9.18. The van der Waals surface area contributed by atoms with Crippen LogP contribution in [0.25, 0.3) is 0 Å². The average Bonchev–Trinajstić information content (AvgIpc) is 2.39. The van der Waals surface area contributed by atoms with Crippen molar-refractivity contribution in [3.05, 3.63) is 21.4 Å². The van der Waals surface area contributed by atoms with E-state index in [9.17, 15) is 12.8 Å². The Morgan fingerprint density at radius 1 is 1.38 bits per heavy atom. The van der Waals surface area contributed by atoms with E-state index >= 15 is 0 Å². The van der Waals surface area contributed by atoms with E-state index in [1.807, 2.05) is 13.8 Å². The minimum Gasteiger partial charge on any atom is -0.395 e. The van der Waals surface area contributed by atoms with Gasteiger partial charge in [-0.25, -0.2) is 12.8 Å². The summed E-state index contributed by atoms with van der Waals surface area (Å²) in [6, 6.07) is 1.11. The zero-order chi connectivity index (χ0) is 15.9. The van der Waals surface area contributed by atoms with E-state index in [1.54, 1.807) is 0 Å². The molecule has 1 aliphatic heterocycles. The molecule has 1 aromatic carbocycles. The van der Waals surface area contributed by atoms with Gasteiger partial charge in [-0.05, 0) is 40.3 Å². The Kier molecular flexibility index (Phi) is 4.87. The monoisotopic (exact) mass is 398 g/mol. The van der Waals surface area contributed by atoms with Crippen LogP contribution in [0.4, 0.5) is 10.1 Å². The van der Waals surface area contributed by atoms with Gasteiger partial charge in [0.15, 0.2) is 5.82 Å². The van der Waals surface area contributed by atoms with Crippen molar-refractivity contribution in [3.8, 4) is 0 Å². The van der Waals surface area contributed by atoms with Crippen LogP contribution in [0.2, 0.25) is 5.02 Å². The van der Waals surface area contributed by atoms with Gasteiger partial charge in [0, 0.05) is 13.1 Å². The largest absolute Gasteiger partial charge is 0.395 e. The van der Waals surface area contributed by atoms with Gasteiger partial charge in [-0.3, -0.25) is 0 Å². The second-order valence-corrected chi connectivity index (χ2v) is 8.77. The Morgan fingerprint density at radius 3 is 2.43 bits per heavy atom. The summed E-state index contributed by atoms with van der Waals surface area (Å²) in [4.78, 5) is -0.463. The van der Waals surface area contributed by atoms with Gasteiger partial charge in [-0.1, -0.05) is 25.4 Å². The number of nitrogens with two attached hydrogens (primary N) is 1. The number of hydrogen-bond donors (Lipinski definition) is 1. The summed E-state index contributed by atoms with van der Waals surface area (Å²) in [5, 5.41) is 0.0746. The third-order valence-electron chi connectivity index (χ3n) is 3.61. The molecule has 0 spiro atoms. The standard InChI is InChI=1S/C13H17BrClFN2O2S/c1-7-3-8(2)6-18(5-7)21(19,20)10-4-9(15)11(14)13(17)12(10)16/h4,7-8H,3,5-6,17H2,1-2H3. The Labute approximate surface area is 137 Å².